The van der Waals surface area contributed by atoms with Gasteiger partial charge in [0.05, 0.1) is 22.6 Å². The standard InChI is InChI=1S/C26H25FN4O2/c1-26(2,3)33-25(32)30-15-12-22-24(21-9-5-7-14-29-21)23(20-8-4-6-13-28-20)18-16-17(27)10-11-19(18)31-22/h4-11,13-14,16H,12,15H2,1-3H3,(H,30,32). The number of halogens is 1. The zero-order chi connectivity index (χ0) is 23.4. The summed E-state index contributed by atoms with van der Waals surface area (Å²) in [6, 6.07) is 15.7. The van der Waals surface area contributed by atoms with Gasteiger partial charge in [0.15, 0.2) is 0 Å². The van der Waals surface area contributed by atoms with E-state index in [9.17, 15) is 9.18 Å². The van der Waals surface area contributed by atoms with Crippen LogP contribution in [-0.2, 0) is 11.2 Å². The highest BCUT2D eigenvalue weighted by Gasteiger charge is 2.21. The van der Waals surface area contributed by atoms with Gasteiger partial charge in [-0.2, -0.15) is 0 Å². The summed E-state index contributed by atoms with van der Waals surface area (Å²) in [7, 11) is 0. The molecule has 0 radical (unpaired) electrons. The molecular formula is C26H25FN4O2. The maximum absolute atomic E-state index is 14.3. The Balaban J connectivity index is 1.84. The van der Waals surface area contributed by atoms with E-state index in [-0.39, 0.29) is 5.82 Å². The molecule has 0 bridgehead atoms. The number of amides is 1. The van der Waals surface area contributed by atoms with Gasteiger partial charge >= 0.3 is 6.09 Å². The number of nitrogens with one attached hydrogen (secondary N) is 1. The first-order valence-electron chi connectivity index (χ1n) is 10.7. The molecule has 4 rings (SSSR count). The Kier molecular flexibility index (Phi) is 6.31. The van der Waals surface area contributed by atoms with Crippen LogP contribution in [0.15, 0.2) is 67.0 Å². The maximum Gasteiger partial charge on any atom is 0.407 e. The third-order valence-electron chi connectivity index (χ3n) is 4.89. The van der Waals surface area contributed by atoms with Crippen LogP contribution in [0.5, 0.6) is 0 Å². The zero-order valence-electron chi connectivity index (χ0n) is 18.8. The van der Waals surface area contributed by atoms with E-state index in [4.69, 9.17) is 9.72 Å². The van der Waals surface area contributed by atoms with E-state index in [1.165, 1.54) is 12.1 Å². The molecule has 1 N–H and O–H groups in total. The number of carbonyl (C=O) groups excluding carboxylic acids is 1. The number of carbonyl (C=O) groups is 1. The molecule has 6 nitrogen and oxygen atoms in total. The van der Waals surface area contributed by atoms with Crippen LogP contribution in [-0.4, -0.2) is 33.2 Å². The summed E-state index contributed by atoms with van der Waals surface area (Å²) in [6.07, 6.45) is 3.34. The van der Waals surface area contributed by atoms with E-state index in [1.54, 1.807) is 18.5 Å². The summed E-state index contributed by atoms with van der Waals surface area (Å²) in [5.74, 6) is -0.354. The van der Waals surface area contributed by atoms with E-state index < -0.39 is 11.7 Å². The second-order valence-corrected chi connectivity index (χ2v) is 8.58. The lowest BCUT2D eigenvalue weighted by atomic mass is 9.93. The number of ether oxygens (including phenoxy) is 1. The second kappa shape index (κ2) is 9.32. The number of hydrogen-bond donors (Lipinski definition) is 1. The monoisotopic (exact) mass is 444 g/mol. The Bertz CT molecular complexity index is 1270. The number of hydrogen-bond acceptors (Lipinski definition) is 5. The van der Waals surface area contributed by atoms with E-state index >= 15 is 0 Å². The average molecular weight is 445 g/mol. The Morgan fingerprint density at radius 1 is 0.970 bits per heavy atom. The summed E-state index contributed by atoms with van der Waals surface area (Å²) in [5.41, 5.74) is 3.69. The normalized spacial score (nSPS) is 11.4. The first kappa shape index (κ1) is 22.3. The van der Waals surface area contributed by atoms with Crippen LogP contribution in [0.4, 0.5) is 9.18 Å². The van der Waals surface area contributed by atoms with Gasteiger partial charge < -0.3 is 10.1 Å². The molecule has 0 saturated carbocycles. The van der Waals surface area contributed by atoms with Gasteiger partial charge in [-0.3, -0.25) is 15.0 Å². The zero-order valence-corrected chi connectivity index (χ0v) is 18.8. The average Bonchev–Trinajstić information content (AvgIpc) is 2.78. The molecule has 1 amide bonds. The summed E-state index contributed by atoms with van der Waals surface area (Å²) < 4.78 is 19.6. The van der Waals surface area contributed by atoms with Gasteiger partial charge in [0, 0.05) is 41.9 Å². The number of rotatable bonds is 5. The molecule has 0 aliphatic rings. The number of pyridine rings is 3. The summed E-state index contributed by atoms with van der Waals surface area (Å²) >= 11 is 0. The molecule has 3 heterocycles. The number of nitrogens with zero attached hydrogens (tertiary/aromatic N) is 3. The largest absolute Gasteiger partial charge is 0.444 e. The molecule has 0 spiro atoms. The van der Waals surface area contributed by atoms with E-state index in [0.29, 0.717) is 35.3 Å². The van der Waals surface area contributed by atoms with Crippen molar-refractivity contribution in [3.8, 4) is 22.5 Å². The molecular weight excluding hydrogens is 419 g/mol. The van der Waals surface area contributed by atoms with Crippen molar-refractivity contribution in [3.63, 3.8) is 0 Å². The van der Waals surface area contributed by atoms with E-state index in [1.807, 2.05) is 57.2 Å². The first-order valence-corrected chi connectivity index (χ1v) is 10.7. The quantitative estimate of drug-likeness (QED) is 0.436. The molecule has 0 aliphatic heterocycles. The summed E-state index contributed by atoms with van der Waals surface area (Å²) in [5, 5.41) is 3.44. The van der Waals surface area contributed by atoms with Crippen molar-refractivity contribution < 1.29 is 13.9 Å². The molecule has 0 atom stereocenters. The second-order valence-electron chi connectivity index (χ2n) is 8.58. The topological polar surface area (TPSA) is 77.0 Å². The van der Waals surface area contributed by atoms with E-state index in [0.717, 1.165) is 16.8 Å². The van der Waals surface area contributed by atoms with Gasteiger partial charge in [-0.05, 0) is 63.2 Å². The minimum Gasteiger partial charge on any atom is -0.444 e. The predicted molar refractivity (Wildman–Crippen MR) is 126 cm³/mol. The number of alkyl carbamates (subject to hydrolysis) is 1. The van der Waals surface area contributed by atoms with Crippen LogP contribution in [0.2, 0.25) is 0 Å². The lowest BCUT2D eigenvalue weighted by Gasteiger charge is -2.20. The van der Waals surface area contributed by atoms with Gasteiger partial charge in [-0.15, -0.1) is 0 Å². The molecule has 3 aromatic heterocycles. The van der Waals surface area contributed by atoms with Crippen LogP contribution in [0.3, 0.4) is 0 Å². The Morgan fingerprint density at radius 2 is 1.64 bits per heavy atom. The molecule has 33 heavy (non-hydrogen) atoms. The molecule has 168 valence electrons. The molecule has 7 heteroatoms. The maximum atomic E-state index is 14.3. The number of fused-ring (bicyclic) bond motifs is 1. The number of aromatic nitrogens is 3. The van der Waals surface area contributed by atoms with Crippen molar-refractivity contribution in [2.75, 3.05) is 6.54 Å². The SMILES string of the molecule is CC(C)(C)OC(=O)NCCc1nc2ccc(F)cc2c(-c2ccccn2)c1-c1ccccn1. The van der Waals surface area contributed by atoms with Crippen LogP contribution in [0.25, 0.3) is 33.4 Å². The Morgan fingerprint density at radius 3 is 2.24 bits per heavy atom. The van der Waals surface area contributed by atoms with Gasteiger partial charge in [0.1, 0.15) is 11.4 Å². The van der Waals surface area contributed by atoms with Gasteiger partial charge in [0.25, 0.3) is 0 Å². The third kappa shape index (κ3) is 5.31. The highest BCUT2D eigenvalue weighted by molar-refractivity contribution is 6.01. The molecule has 0 aliphatic carbocycles. The smallest absolute Gasteiger partial charge is 0.407 e. The summed E-state index contributed by atoms with van der Waals surface area (Å²) in [6.45, 7) is 5.76. The first-order chi connectivity index (χ1) is 15.8. The third-order valence-corrected chi connectivity index (χ3v) is 4.89. The minimum absolute atomic E-state index is 0.316. The van der Waals surface area contributed by atoms with Gasteiger partial charge in [-0.25, -0.2) is 9.18 Å². The highest BCUT2D eigenvalue weighted by atomic mass is 19.1. The van der Waals surface area contributed by atoms with Crippen LogP contribution in [0.1, 0.15) is 26.5 Å². The van der Waals surface area contributed by atoms with Crippen LogP contribution < -0.4 is 5.32 Å². The molecule has 1 aromatic carbocycles. The number of benzene rings is 1. The molecule has 0 saturated heterocycles. The lowest BCUT2D eigenvalue weighted by Crippen LogP contribution is -2.33. The van der Waals surface area contributed by atoms with Gasteiger partial charge in [-0.1, -0.05) is 12.1 Å². The fraction of sp³-hybridized carbons (Fsp3) is 0.231. The Hall–Kier alpha value is -3.87. The molecule has 0 fully saturated rings. The van der Waals surface area contributed by atoms with Crippen molar-refractivity contribution in [1.82, 2.24) is 20.3 Å². The molecule has 4 aromatic rings. The van der Waals surface area contributed by atoms with E-state index in [2.05, 4.69) is 15.3 Å². The molecule has 0 unspecified atom stereocenters. The van der Waals surface area contributed by atoms with Crippen molar-refractivity contribution in [2.45, 2.75) is 32.8 Å². The van der Waals surface area contributed by atoms with Crippen LogP contribution >= 0.6 is 0 Å². The Labute approximate surface area is 191 Å². The lowest BCUT2D eigenvalue weighted by molar-refractivity contribution is 0.0528. The van der Waals surface area contributed by atoms with Gasteiger partial charge in [0.2, 0.25) is 0 Å². The summed E-state index contributed by atoms with van der Waals surface area (Å²) in [4.78, 5) is 26.0. The minimum atomic E-state index is -0.583. The fourth-order valence-corrected chi connectivity index (χ4v) is 3.63. The van der Waals surface area contributed by atoms with Crippen molar-refractivity contribution in [3.05, 3.63) is 78.5 Å². The van der Waals surface area contributed by atoms with Crippen molar-refractivity contribution in [1.29, 1.82) is 0 Å². The fourth-order valence-electron chi connectivity index (χ4n) is 3.63. The predicted octanol–water partition coefficient (Wildman–Crippen LogP) is 5.57. The van der Waals surface area contributed by atoms with Crippen molar-refractivity contribution in [2.24, 2.45) is 0 Å². The highest BCUT2D eigenvalue weighted by Crippen LogP contribution is 2.38. The van der Waals surface area contributed by atoms with Crippen molar-refractivity contribution >= 4 is 17.0 Å². The van der Waals surface area contributed by atoms with Crippen LogP contribution in [0, 0.1) is 5.82 Å².